The van der Waals surface area contributed by atoms with E-state index >= 15 is 0 Å². The SMILES string of the molecule is N=O.O=C(O)[C@@H]1CCCN1. The van der Waals surface area contributed by atoms with E-state index in [1.165, 1.54) is 0 Å². The molecule has 0 unspecified atom stereocenters. The van der Waals surface area contributed by atoms with Crippen molar-refractivity contribution in [1.82, 2.24) is 5.32 Å². The number of carbonyl (C=O) groups is 1. The Morgan fingerprint density at radius 3 is 2.40 bits per heavy atom. The van der Waals surface area contributed by atoms with Crippen molar-refractivity contribution in [3.05, 3.63) is 4.91 Å². The minimum atomic E-state index is -0.720. The molecule has 0 aromatic rings. The van der Waals surface area contributed by atoms with Crippen molar-refractivity contribution < 1.29 is 9.90 Å². The van der Waals surface area contributed by atoms with Crippen LogP contribution in [0, 0.1) is 10.5 Å². The van der Waals surface area contributed by atoms with Gasteiger partial charge in [0.25, 0.3) is 0 Å². The first-order valence-electron chi connectivity index (χ1n) is 2.97. The lowest BCUT2D eigenvalue weighted by Crippen LogP contribution is -2.29. The van der Waals surface area contributed by atoms with Gasteiger partial charge in [-0.3, -0.25) is 4.79 Å². The third-order valence-corrected chi connectivity index (χ3v) is 1.36. The van der Waals surface area contributed by atoms with Crippen LogP contribution in [0.3, 0.4) is 0 Å². The van der Waals surface area contributed by atoms with E-state index in [1.54, 1.807) is 0 Å². The van der Waals surface area contributed by atoms with Crippen LogP contribution in [0.2, 0.25) is 0 Å². The van der Waals surface area contributed by atoms with Crippen molar-refractivity contribution in [1.29, 1.82) is 5.59 Å². The average Bonchev–Trinajstić information content (AvgIpc) is 2.42. The summed E-state index contributed by atoms with van der Waals surface area (Å²) in [6, 6.07) is -0.269. The number of aliphatic carboxylic acids is 1. The van der Waals surface area contributed by atoms with Gasteiger partial charge in [0.15, 0.2) is 0 Å². The summed E-state index contributed by atoms with van der Waals surface area (Å²) in [5.41, 5.74) is 4.50. The van der Waals surface area contributed by atoms with E-state index in [4.69, 9.17) is 10.0 Å². The van der Waals surface area contributed by atoms with Gasteiger partial charge in [0.05, 0.1) is 0 Å². The molecule has 1 aliphatic rings. The molecule has 0 aliphatic carbocycles. The second-order valence-electron chi connectivity index (χ2n) is 1.99. The van der Waals surface area contributed by atoms with E-state index in [1.807, 2.05) is 0 Å². The average molecular weight is 146 g/mol. The maximum Gasteiger partial charge on any atom is 0.320 e. The van der Waals surface area contributed by atoms with Crippen LogP contribution in [-0.2, 0) is 4.79 Å². The van der Waals surface area contributed by atoms with Gasteiger partial charge in [0.1, 0.15) is 6.04 Å². The molecule has 1 saturated heterocycles. The van der Waals surface area contributed by atoms with Crippen molar-refractivity contribution in [2.75, 3.05) is 6.54 Å². The van der Waals surface area contributed by atoms with Crippen LogP contribution in [0.25, 0.3) is 0 Å². The molecule has 3 N–H and O–H groups in total. The number of nitroso groups, excluding NO2 is 1. The van der Waals surface area contributed by atoms with Crippen LogP contribution < -0.4 is 5.32 Å². The Morgan fingerprint density at radius 1 is 1.60 bits per heavy atom. The van der Waals surface area contributed by atoms with Gasteiger partial charge in [-0.05, 0) is 19.4 Å². The van der Waals surface area contributed by atoms with Gasteiger partial charge in [-0.2, -0.15) is 4.91 Å². The second kappa shape index (κ2) is 4.87. The smallest absolute Gasteiger partial charge is 0.320 e. The Balaban J connectivity index is 0.000000371. The molecule has 1 aliphatic heterocycles. The van der Waals surface area contributed by atoms with Gasteiger partial charge in [-0.25, -0.2) is 0 Å². The highest BCUT2D eigenvalue weighted by Gasteiger charge is 2.20. The van der Waals surface area contributed by atoms with Gasteiger partial charge in [-0.1, -0.05) is 5.59 Å². The third kappa shape index (κ3) is 2.54. The summed E-state index contributed by atoms with van der Waals surface area (Å²) < 4.78 is 0. The molecule has 58 valence electrons. The first-order chi connectivity index (χ1) is 4.80. The summed E-state index contributed by atoms with van der Waals surface area (Å²) in [6.07, 6.45) is 1.78. The molecule has 10 heavy (non-hydrogen) atoms. The number of carboxylic acid groups (broad SMARTS) is 1. The van der Waals surface area contributed by atoms with Crippen LogP contribution >= 0.6 is 0 Å². The number of nitrogens with one attached hydrogen (secondary N) is 2. The molecule has 1 fully saturated rings. The van der Waals surface area contributed by atoms with Crippen LogP contribution in [0.1, 0.15) is 12.8 Å². The predicted octanol–water partition coefficient (Wildman–Crippen LogP) is 0.155. The molecule has 0 aromatic carbocycles. The Morgan fingerprint density at radius 2 is 2.20 bits per heavy atom. The summed E-state index contributed by atoms with van der Waals surface area (Å²) >= 11 is 0. The Bertz CT molecular complexity index is 111. The minimum absolute atomic E-state index is 0.269. The fourth-order valence-corrected chi connectivity index (χ4v) is 0.895. The molecule has 1 heterocycles. The Kier molecular flexibility index (Phi) is 4.39. The zero-order chi connectivity index (χ0) is 7.98. The highest BCUT2D eigenvalue weighted by molar-refractivity contribution is 5.73. The third-order valence-electron chi connectivity index (χ3n) is 1.36. The summed E-state index contributed by atoms with van der Waals surface area (Å²) in [5.74, 6) is -0.720. The second-order valence-corrected chi connectivity index (χ2v) is 1.99. The van der Waals surface area contributed by atoms with Gasteiger partial charge in [-0.15, -0.1) is 0 Å². The lowest BCUT2D eigenvalue weighted by Gasteiger charge is -1.99. The normalized spacial score (nSPS) is 23.0. The lowest BCUT2D eigenvalue weighted by molar-refractivity contribution is -0.139. The van der Waals surface area contributed by atoms with E-state index in [-0.39, 0.29) is 6.04 Å². The molecular weight excluding hydrogens is 136 g/mol. The van der Waals surface area contributed by atoms with E-state index in [9.17, 15) is 4.79 Å². The monoisotopic (exact) mass is 146 g/mol. The van der Waals surface area contributed by atoms with Gasteiger partial charge < -0.3 is 10.4 Å². The maximum atomic E-state index is 10.1. The summed E-state index contributed by atoms with van der Waals surface area (Å²) in [4.78, 5) is 17.6. The van der Waals surface area contributed by atoms with E-state index in [2.05, 4.69) is 10.9 Å². The Hall–Kier alpha value is -0.970. The Labute approximate surface area is 58.2 Å². The van der Waals surface area contributed by atoms with Gasteiger partial charge in [0.2, 0.25) is 0 Å². The highest BCUT2D eigenvalue weighted by Crippen LogP contribution is 2.03. The first-order valence-corrected chi connectivity index (χ1v) is 2.97. The van der Waals surface area contributed by atoms with Crippen molar-refractivity contribution in [3.8, 4) is 0 Å². The van der Waals surface area contributed by atoms with E-state index in [0.717, 1.165) is 19.4 Å². The topological polar surface area (TPSA) is 90.2 Å². The fourth-order valence-electron chi connectivity index (χ4n) is 0.895. The van der Waals surface area contributed by atoms with E-state index < -0.39 is 5.97 Å². The van der Waals surface area contributed by atoms with Crippen molar-refractivity contribution in [2.24, 2.45) is 0 Å². The summed E-state index contributed by atoms with van der Waals surface area (Å²) in [5, 5.41) is 11.2. The predicted molar refractivity (Wildman–Crippen MR) is 34.7 cm³/mol. The maximum absolute atomic E-state index is 10.1. The number of hydrogen-bond donors (Lipinski definition) is 3. The van der Waals surface area contributed by atoms with Crippen molar-refractivity contribution >= 4 is 5.97 Å². The largest absolute Gasteiger partial charge is 0.480 e. The van der Waals surface area contributed by atoms with E-state index in [0.29, 0.717) is 0 Å². The molecule has 1 rings (SSSR count). The lowest BCUT2D eigenvalue weighted by atomic mass is 10.2. The molecule has 0 saturated carbocycles. The van der Waals surface area contributed by atoms with Crippen LogP contribution in [0.5, 0.6) is 0 Å². The van der Waals surface area contributed by atoms with Crippen LogP contribution in [-0.4, -0.2) is 23.7 Å². The number of rotatable bonds is 1. The molecule has 0 aromatic heterocycles. The molecular formula is C5H10N2O3. The van der Waals surface area contributed by atoms with Crippen molar-refractivity contribution in [2.45, 2.75) is 18.9 Å². The highest BCUT2D eigenvalue weighted by atomic mass is 16.4. The number of hydrogen-bond acceptors (Lipinski definition) is 4. The minimum Gasteiger partial charge on any atom is -0.480 e. The van der Waals surface area contributed by atoms with Gasteiger partial charge in [0, 0.05) is 0 Å². The quantitative estimate of drug-likeness (QED) is 0.459. The molecule has 0 spiro atoms. The molecule has 1 atom stereocenters. The summed E-state index contributed by atoms with van der Waals surface area (Å²) in [7, 11) is 0. The zero-order valence-corrected chi connectivity index (χ0v) is 5.46. The van der Waals surface area contributed by atoms with Crippen LogP contribution in [0.15, 0.2) is 0 Å². The van der Waals surface area contributed by atoms with Gasteiger partial charge >= 0.3 is 5.97 Å². The first kappa shape index (κ1) is 9.03. The molecule has 0 amide bonds. The number of carboxylic acids is 1. The fraction of sp³-hybridized carbons (Fsp3) is 0.800. The molecule has 0 bridgehead atoms. The molecule has 0 radical (unpaired) electrons. The molecule has 5 nitrogen and oxygen atoms in total. The van der Waals surface area contributed by atoms with Crippen molar-refractivity contribution in [3.63, 3.8) is 0 Å². The standard InChI is InChI=1S/C5H9NO2.HNO/c7-5(8)4-2-1-3-6-4;1-2/h4,6H,1-3H2,(H,7,8);1H/t4-;/m0./s1. The van der Waals surface area contributed by atoms with Crippen LogP contribution in [0.4, 0.5) is 0 Å². The zero-order valence-electron chi connectivity index (χ0n) is 5.46. The summed E-state index contributed by atoms with van der Waals surface area (Å²) in [6.45, 7) is 0.858. The molecule has 5 heteroatoms.